The second-order valence-corrected chi connectivity index (χ2v) is 6.10. The second kappa shape index (κ2) is 5.71. The van der Waals surface area contributed by atoms with E-state index in [9.17, 15) is 9.90 Å². The molecule has 5 heteroatoms. The maximum absolute atomic E-state index is 11.8. The first-order valence-corrected chi connectivity index (χ1v) is 6.44. The third-order valence-corrected chi connectivity index (χ3v) is 2.54. The summed E-state index contributed by atoms with van der Waals surface area (Å²) in [5, 5.41) is 12.6. The first kappa shape index (κ1) is 16.3. The minimum Gasteiger partial charge on any atom is -0.495 e. The van der Waals surface area contributed by atoms with Crippen LogP contribution >= 0.6 is 0 Å². The highest BCUT2D eigenvalue weighted by Gasteiger charge is 2.21. The first-order valence-electron chi connectivity index (χ1n) is 6.44. The van der Waals surface area contributed by atoms with Crippen molar-refractivity contribution in [1.29, 1.82) is 0 Å². The number of ether oxygens (including phenoxy) is 2. The number of anilines is 1. The number of amides is 1. The number of hydrogen-bond acceptors (Lipinski definition) is 4. The van der Waals surface area contributed by atoms with Crippen molar-refractivity contribution in [3.63, 3.8) is 0 Å². The van der Waals surface area contributed by atoms with E-state index >= 15 is 0 Å². The SMILES string of the molecule is COc1ccc(C(C)(C)O)cc1NC(=O)OC(C)(C)C. The van der Waals surface area contributed by atoms with Crippen LogP contribution in [0.2, 0.25) is 0 Å². The van der Waals surface area contributed by atoms with Gasteiger partial charge in [-0.3, -0.25) is 5.32 Å². The molecule has 0 aliphatic heterocycles. The third-order valence-electron chi connectivity index (χ3n) is 2.54. The van der Waals surface area contributed by atoms with E-state index in [1.54, 1.807) is 52.8 Å². The predicted molar refractivity (Wildman–Crippen MR) is 78.1 cm³/mol. The van der Waals surface area contributed by atoms with Gasteiger partial charge in [0.15, 0.2) is 0 Å². The van der Waals surface area contributed by atoms with E-state index in [4.69, 9.17) is 9.47 Å². The van der Waals surface area contributed by atoms with Gasteiger partial charge in [0.2, 0.25) is 0 Å². The molecule has 0 radical (unpaired) electrons. The summed E-state index contributed by atoms with van der Waals surface area (Å²) in [7, 11) is 1.51. The molecular weight excluding hydrogens is 258 g/mol. The third kappa shape index (κ3) is 4.74. The Morgan fingerprint density at radius 3 is 2.25 bits per heavy atom. The number of carbonyl (C=O) groups is 1. The fourth-order valence-electron chi connectivity index (χ4n) is 1.60. The van der Waals surface area contributed by atoms with Crippen LogP contribution in [0.5, 0.6) is 5.75 Å². The fourth-order valence-corrected chi connectivity index (χ4v) is 1.60. The lowest BCUT2D eigenvalue weighted by Gasteiger charge is -2.22. The largest absolute Gasteiger partial charge is 0.495 e. The van der Waals surface area contributed by atoms with Gasteiger partial charge in [-0.25, -0.2) is 4.79 Å². The predicted octanol–water partition coefficient (Wildman–Crippen LogP) is 3.27. The van der Waals surface area contributed by atoms with E-state index in [0.717, 1.165) is 0 Å². The highest BCUT2D eigenvalue weighted by Crippen LogP contribution is 2.30. The molecule has 0 atom stereocenters. The Morgan fingerprint density at radius 2 is 1.80 bits per heavy atom. The number of carbonyl (C=O) groups excluding carboxylic acids is 1. The number of hydrogen-bond donors (Lipinski definition) is 2. The van der Waals surface area contributed by atoms with Crippen LogP contribution in [0.3, 0.4) is 0 Å². The van der Waals surface area contributed by atoms with Crippen molar-refractivity contribution < 1.29 is 19.4 Å². The second-order valence-electron chi connectivity index (χ2n) is 6.10. The quantitative estimate of drug-likeness (QED) is 0.892. The maximum atomic E-state index is 11.8. The van der Waals surface area contributed by atoms with Crippen LogP contribution in [-0.2, 0) is 10.3 Å². The van der Waals surface area contributed by atoms with E-state index in [2.05, 4.69) is 5.32 Å². The molecule has 20 heavy (non-hydrogen) atoms. The topological polar surface area (TPSA) is 67.8 Å². The maximum Gasteiger partial charge on any atom is 0.412 e. The van der Waals surface area contributed by atoms with Crippen molar-refractivity contribution in [3.8, 4) is 5.75 Å². The lowest BCUT2D eigenvalue weighted by atomic mass is 9.98. The van der Waals surface area contributed by atoms with Crippen LogP contribution in [0.1, 0.15) is 40.2 Å². The Balaban J connectivity index is 3.00. The van der Waals surface area contributed by atoms with Gasteiger partial charge in [-0.15, -0.1) is 0 Å². The molecule has 0 aromatic heterocycles. The van der Waals surface area contributed by atoms with Crippen LogP contribution in [0.4, 0.5) is 10.5 Å². The van der Waals surface area contributed by atoms with Gasteiger partial charge in [0.25, 0.3) is 0 Å². The molecule has 0 saturated carbocycles. The summed E-state index contributed by atoms with van der Waals surface area (Å²) < 4.78 is 10.4. The van der Waals surface area contributed by atoms with Gasteiger partial charge in [-0.05, 0) is 52.3 Å². The summed E-state index contributed by atoms with van der Waals surface area (Å²) in [6.45, 7) is 8.71. The zero-order chi connectivity index (χ0) is 15.6. The molecule has 0 saturated heterocycles. The van der Waals surface area contributed by atoms with Crippen molar-refractivity contribution >= 4 is 11.8 Å². The zero-order valence-electron chi connectivity index (χ0n) is 12.9. The summed E-state index contributed by atoms with van der Waals surface area (Å²) in [5.41, 5.74) is -0.451. The normalized spacial score (nSPS) is 11.9. The summed E-state index contributed by atoms with van der Waals surface area (Å²) in [6, 6.07) is 5.11. The molecule has 2 N–H and O–H groups in total. The number of benzene rings is 1. The molecule has 0 spiro atoms. The molecule has 1 rings (SSSR count). The lowest BCUT2D eigenvalue weighted by molar-refractivity contribution is 0.0633. The Labute approximate surface area is 119 Å². The van der Waals surface area contributed by atoms with Crippen LogP contribution in [-0.4, -0.2) is 23.9 Å². The molecule has 112 valence electrons. The number of methoxy groups -OCH3 is 1. The minimum atomic E-state index is -1.00. The van der Waals surface area contributed by atoms with E-state index in [1.807, 2.05) is 0 Å². The molecule has 0 fully saturated rings. The van der Waals surface area contributed by atoms with Crippen molar-refractivity contribution in [2.24, 2.45) is 0 Å². The van der Waals surface area contributed by atoms with E-state index < -0.39 is 17.3 Å². The highest BCUT2D eigenvalue weighted by molar-refractivity contribution is 5.87. The Hall–Kier alpha value is -1.75. The summed E-state index contributed by atoms with van der Waals surface area (Å²) in [4.78, 5) is 11.8. The van der Waals surface area contributed by atoms with Gasteiger partial charge in [0.1, 0.15) is 11.4 Å². The van der Waals surface area contributed by atoms with Crippen molar-refractivity contribution in [1.82, 2.24) is 0 Å². The average molecular weight is 281 g/mol. The molecule has 1 aromatic carbocycles. The summed E-state index contributed by atoms with van der Waals surface area (Å²) >= 11 is 0. The molecule has 1 amide bonds. The number of aliphatic hydroxyl groups is 1. The van der Waals surface area contributed by atoms with Crippen LogP contribution in [0.25, 0.3) is 0 Å². The van der Waals surface area contributed by atoms with Crippen LogP contribution in [0, 0.1) is 0 Å². The zero-order valence-corrected chi connectivity index (χ0v) is 12.9. The number of nitrogens with one attached hydrogen (secondary N) is 1. The average Bonchev–Trinajstić information content (AvgIpc) is 2.24. The molecule has 0 unspecified atom stereocenters. The van der Waals surface area contributed by atoms with E-state index in [-0.39, 0.29) is 0 Å². The molecule has 5 nitrogen and oxygen atoms in total. The van der Waals surface area contributed by atoms with Crippen molar-refractivity contribution in [2.75, 3.05) is 12.4 Å². The monoisotopic (exact) mass is 281 g/mol. The fraction of sp³-hybridized carbons (Fsp3) is 0.533. The van der Waals surface area contributed by atoms with Gasteiger partial charge >= 0.3 is 6.09 Å². The first-order chi connectivity index (χ1) is 9.03. The molecule has 0 aliphatic carbocycles. The van der Waals surface area contributed by atoms with Crippen LogP contribution < -0.4 is 10.1 Å². The number of rotatable bonds is 3. The summed E-state index contributed by atoms with van der Waals surface area (Å²) in [6.07, 6.45) is -0.566. The standard InChI is InChI=1S/C15H23NO4/c1-14(2,3)20-13(17)16-11-9-10(15(4,5)18)7-8-12(11)19-6/h7-9,18H,1-6H3,(H,16,17). The molecule has 1 aromatic rings. The van der Waals surface area contributed by atoms with Gasteiger partial charge in [-0.1, -0.05) is 6.07 Å². The molecule has 0 aliphatic rings. The van der Waals surface area contributed by atoms with E-state index in [1.165, 1.54) is 7.11 Å². The van der Waals surface area contributed by atoms with Gasteiger partial charge in [-0.2, -0.15) is 0 Å². The van der Waals surface area contributed by atoms with Crippen molar-refractivity contribution in [3.05, 3.63) is 23.8 Å². The van der Waals surface area contributed by atoms with Crippen LogP contribution in [0.15, 0.2) is 18.2 Å². The molecular formula is C15H23NO4. The molecule has 0 bridgehead atoms. The minimum absolute atomic E-state index is 0.460. The van der Waals surface area contributed by atoms with Gasteiger partial charge in [0.05, 0.1) is 18.4 Å². The highest BCUT2D eigenvalue weighted by atomic mass is 16.6. The smallest absolute Gasteiger partial charge is 0.412 e. The summed E-state index contributed by atoms with van der Waals surface area (Å²) in [5.74, 6) is 0.504. The Bertz CT molecular complexity index is 484. The Morgan fingerprint density at radius 1 is 1.20 bits per heavy atom. The van der Waals surface area contributed by atoms with Gasteiger partial charge in [0, 0.05) is 0 Å². The van der Waals surface area contributed by atoms with Crippen molar-refractivity contribution in [2.45, 2.75) is 45.8 Å². The van der Waals surface area contributed by atoms with Gasteiger partial charge < -0.3 is 14.6 Å². The molecule has 0 heterocycles. The lowest BCUT2D eigenvalue weighted by Crippen LogP contribution is -2.27. The van der Waals surface area contributed by atoms with E-state index in [0.29, 0.717) is 17.0 Å². The Kier molecular flexibility index (Phi) is 4.65.